The van der Waals surface area contributed by atoms with Crippen molar-refractivity contribution in [3.05, 3.63) is 78.0 Å². The first-order chi connectivity index (χ1) is 14.7. The molecule has 7 heteroatoms. The smallest absolute Gasteiger partial charge is 0.257 e. The second kappa shape index (κ2) is 9.07. The van der Waals surface area contributed by atoms with E-state index < -0.39 is 0 Å². The molecule has 7 nitrogen and oxygen atoms in total. The van der Waals surface area contributed by atoms with Crippen molar-refractivity contribution in [2.45, 2.75) is 0 Å². The number of nitrogens with one attached hydrogen (secondary N) is 2. The molecule has 0 aliphatic carbocycles. The van der Waals surface area contributed by atoms with Crippen LogP contribution in [0.3, 0.4) is 0 Å². The van der Waals surface area contributed by atoms with Crippen molar-refractivity contribution in [1.29, 1.82) is 5.26 Å². The highest BCUT2D eigenvalue weighted by atomic mass is 16.5. The Labute approximate surface area is 174 Å². The van der Waals surface area contributed by atoms with Gasteiger partial charge in [-0.05, 0) is 36.4 Å². The number of rotatable bonds is 5. The molecular formula is C23H21N5O2. The van der Waals surface area contributed by atoms with E-state index in [9.17, 15) is 10.1 Å². The minimum atomic E-state index is -0.229. The molecular weight excluding hydrogens is 378 g/mol. The fraction of sp³-hybridized carbons (Fsp3) is 0.174. The fourth-order valence-electron chi connectivity index (χ4n) is 3.28. The Hall–Kier alpha value is -3.89. The van der Waals surface area contributed by atoms with Crippen LogP contribution in [0.2, 0.25) is 0 Å². The number of amides is 1. The third kappa shape index (κ3) is 4.40. The molecule has 2 N–H and O–H groups in total. The van der Waals surface area contributed by atoms with E-state index in [1.807, 2.05) is 36.4 Å². The summed E-state index contributed by atoms with van der Waals surface area (Å²) in [5.74, 6) is 0.329. The number of morpholine rings is 1. The summed E-state index contributed by atoms with van der Waals surface area (Å²) in [4.78, 5) is 19.3. The number of pyridine rings is 1. The summed E-state index contributed by atoms with van der Waals surface area (Å²) in [7, 11) is 0. The molecule has 4 rings (SSSR count). The van der Waals surface area contributed by atoms with Crippen LogP contribution in [0.1, 0.15) is 15.9 Å². The van der Waals surface area contributed by atoms with E-state index in [1.165, 1.54) is 6.20 Å². The second-order valence-electron chi connectivity index (χ2n) is 6.79. The van der Waals surface area contributed by atoms with E-state index in [4.69, 9.17) is 4.74 Å². The predicted octanol–water partition coefficient (Wildman–Crippen LogP) is 3.79. The van der Waals surface area contributed by atoms with E-state index in [2.05, 4.69) is 26.6 Å². The molecule has 1 aromatic heterocycles. The Morgan fingerprint density at radius 2 is 1.73 bits per heavy atom. The summed E-state index contributed by atoms with van der Waals surface area (Å²) in [6.45, 7) is 2.93. The highest BCUT2D eigenvalue weighted by molar-refractivity contribution is 6.05. The molecule has 0 unspecified atom stereocenters. The van der Waals surface area contributed by atoms with Crippen LogP contribution in [0.15, 0.2) is 66.9 Å². The number of ether oxygens (including phenoxy) is 1. The Balaban J connectivity index is 1.47. The lowest BCUT2D eigenvalue weighted by Gasteiger charge is -2.30. The first kappa shape index (κ1) is 19.4. The zero-order valence-electron chi connectivity index (χ0n) is 16.3. The number of benzene rings is 2. The Bertz CT molecular complexity index is 1070. The van der Waals surface area contributed by atoms with Crippen molar-refractivity contribution in [2.75, 3.05) is 41.8 Å². The van der Waals surface area contributed by atoms with Crippen LogP contribution in [0, 0.1) is 11.3 Å². The first-order valence-electron chi connectivity index (χ1n) is 9.70. The van der Waals surface area contributed by atoms with Gasteiger partial charge in [0, 0.05) is 19.3 Å². The molecule has 1 saturated heterocycles. The molecule has 2 heterocycles. The Kier molecular flexibility index (Phi) is 5.88. The molecule has 0 radical (unpaired) electrons. The van der Waals surface area contributed by atoms with Gasteiger partial charge < -0.3 is 20.3 Å². The van der Waals surface area contributed by atoms with Gasteiger partial charge in [0.15, 0.2) is 0 Å². The molecule has 0 bridgehead atoms. The molecule has 1 aliphatic rings. The van der Waals surface area contributed by atoms with Crippen molar-refractivity contribution >= 4 is 28.8 Å². The van der Waals surface area contributed by atoms with Crippen LogP contribution in [0.25, 0.3) is 0 Å². The highest BCUT2D eigenvalue weighted by Crippen LogP contribution is 2.27. The number of nitriles is 1. The van der Waals surface area contributed by atoms with Gasteiger partial charge in [0.05, 0.1) is 41.4 Å². The average molecular weight is 399 g/mol. The van der Waals surface area contributed by atoms with E-state index in [1.54, 1.807) is 24.3 Å². The van der Waals surface area contributed by atoms with Gasteiger partial charge in [0.2, 0.25) is 0 Å². The molecule has 1 aliphatic heterocycles. The average Bonchev–Trinajstić information content (AvgIpc) is 2.81. The fourth-order valence-corrected chi connectivity index (χ4v) is 3.28. The van der Waals surface area contributed by atoms with Gasteiger partial charge in [-0.15, -0.1) is 0 Å². The second-order valence-corrected chi connectivity index (χ2v) is 6.79. The normalized spacial score (nSPS) is 13.4. The summed E-state index contributed by atoms with van der Waals surface area (Å²) in [5.41, 5.74) is 3.39. The van der Waals surface area contributed by atoms with Gasteiger partial charge in [-0.2, -0.15) is 5.26 Å². The molecule has 2 aromatic carbocycles. The molecule has 150 valence electrons. The van der Waals surface area contributed by atoms with Crippen molar-refractivity contribution < 1.29 is 9.53 Å². The SMILES string of the molecule is N#Cc1ccccc1Nc1ccc(C(=O)Nc2ccccc2N2CCOCC2)cn1. The van der Waals surface area contributed by atoms with Crippen LogP contribution < -0.4 is 15.5 Å². The quantitative estimate of drug-likeness (QED) is 0.678. The van der Waals surface area contributed by atoms with Crippen LogP contribution >= 0.6 is 0 Å². The largest absolute Gasteiger partial charge is 0.378 e. The van der Waals surface area contributed by atoms with Gasteiger partial charge in [-0.3, -0.25) is 4.79 Å². The lowest BCUT2D eigenvalue weighted by Crippen LogP contribution is -2.36. The predicted molar refractivity (Wildman–Crippen MR) is 116 cm³/mol. The number of hydrogen-bond donors (Lipinski definition) is 2. The third-order valence-corrected chi connectivity index (χ3v) is 4.84. The number of aromatic nitrogens is 1. The topological polar surface area (TPSA) is 90.3 Å². The van der Waals surface area contributed by atoms with Gasteiger partial charge in [-0.1, -0.05) is 24.3 Å². The number of hydrogen-bond acceptors (Lipinski definition) is 6. The van der Waals surface area contributed by atoms with Crippen molar-refractivity contribution in [3.8, 4) is 6.07 Å². The zero-order chi connectivity index (χ0) is 20.8. The molecule has 1 amide bonds. The van der Waals surface area contributed by atoms with E-state index in [-0.39, 0.29) is 5.91 Å². The molecule has 0 spiro atoms. The summed E-state index contributed by atoms with van der Waals surface area (Å²) in [5, 5.41) is 15.3. The molecule has 30 heavy (non-hydrogen) atoms. The lowest BCUT2D eigenvalue weighted by atomic mass is 10.2. The first-order valence-corrected chi connectivity index (χ1v) is 9.70. The van der Waals surface area contributed by atoms with Gasteiger partial charge in [0.1, 0.15) is 11.9 Å². The van der Waals surface area contributed by atoms with Gasteiger partial charge >= 0.3 is 0 Å². The third-order valence-electron chi connectivity index (χ3n) is 4.84. The number of para-hydroxylation sites is 3. The Morgan fingerprint density at radius 3 is 2.47 bits per heavy atom. The highest BCUT2D eigenvalue weighted by Gasteiger charge is 2.16. The molecule has 3 aromatic rings. The number of carbonyl (C=O) groups excluding carboxylic acids is 1. The summed E-state index contributed by atoms with van der Waals surface area (Å²) in [6.07, 6.45) is 1.52. The zero-order valence-corrected chi connectivity index (χ0v) is 16.3. The maximum atomic E-state index is 12.8. The van der Waals surface area contributed by atoms with Crippen molar-refractivity contribution in [2.24, 2.45) is 0 Å². The van der Waals surface area contributed by atoms with Gasteiger partial charge in [-0.25, -0.2) is 4.98 Å². The number of anilines is 4. The van der Waals surface area contributed by atoms with Gasteiger partial charge in [0.25, 0.3) is 5.91 Å². The van der Waals surface area contributed by atoms with Crippen LogP contribution in [-0.4, -0.2) is 37.2 Å². The summed E-state index contributed by atoms with van der Waals surface area (Å²) >= 11 is 0. The lowest BCUT2D eigenvalue weighted by molar-refractivity contribution is 0.102. The maximum Gasteiger partial charge on any atom is 0.257 e. The van der Waals surface area contributed by atoms with E-state index in [0.29, 0.717) is 35.8 Å². The minimum absolute atomic E-state index is 0.229. The monoisotopic (exact) mass is 399 g/mol. The summed E-state index contributed by atoms with van der Waals surface area (Å²) < 4.78 is 5.42. The van der Waals surface area contributed by atoms with Crippen LogP contribution in [0.4, 0.5) is 22.9 Å². The Morgan fingerprint density at radius 1 is 1.00 bits per heavy atom. The standard InChI is InChI=1S/C23H21N5O2/c24-15-17-5-1-2-6-19(17)26-22-10-9-18(16-25-22)23(29)27-20-7-3-4-8-21(20)28-11-13-30-14-12-28/h1-10,16H,11-14H2,(H,25,26)(H,27,29). The van der Waals surface area contributed by atoms with Crippen molar-refractivity contribution in [1.82, 2.24) is 4.98 Å². The molecule has 1 fully saturated rings. The minimum Gasteiger partial charge on any atom is -0.378 e. The van der Waals surface area contributed by atoms with Crippen molar-refractivity contribution in [3.63, 3.8) is 0 Å². The van der Waals surface area contributed by atoms with E-state index in [0.717, 1.165) is 24.5 Å². The number of nitrogens with zero attached hydrogens (tertiary/aromatic N) is 3. The van der Waals surface area contributed by atoms with Crippen LogP contribution in [0.5, 0.6) is 0 Å². The maximum absolute atomic E-state index is 12.8. The van der Waals surface area contributed by atoms with E-state index >= 15 is 0 Å². The number of carbonyl (C=O) groups is 1. The molecule has 0 saturated carbocycles. The van der Waals surface area contributed by atoms with Crippen LogP contribution in [-0.2, 0) is 4.74 Å². The molecule has 0 atom stereocenters. The summed E-state index contributed by atoms with van der Waals surface area (Å²) in [6, 6.07) is 20.5.